The summed E-state index contributed by atoms with van der Waals surface area (Å²) >= 11 is 0. The molecule has 0 aliphatic rings. The number of halogens is 1. The Morgan fingerprint density at radius 2 is 1.36 bits per heavy atom. The Bertz CT molecular complexity index is 1220. The molecule has 0 aliphatic heterocycles. The number of nitrogens with zero attached hydrogens (tertiary/aromatic N) is 1. The molecule has 0 saturated heterocycles. The van der Waals surface area contributed by atoms with Crippen LogP contribution in [0.2, 0.25) is 5.04 Å². The number of hydrogen-bond donors (Lipinski definition) is 1. The van der Waals surface area contributed by atoms with Gasteiger partial charge in [-0.3, -0.25) is 0 Å². The minimum atomic E-state index is -2.84. The number of nitrogens with two attached hydrogens (primary N) is 1. The Kier molecular flexibility index (Phi) is 7.55. The summed E-state index contributed by atoms with van der Waals surface area (Å²) in [7, 11) is -2.84. The van der Waals surface area contributed by atoms with Crippen LogP contribution in [0.1, 0.15) is 34.6 Å². The van der Waals surface area contributed by atoms with Gasteiger partial charge in [0.05, 0.1) is 6.61 Å². The van der Waals surface area contributed by atoms with Crippen LogP contribution in [0.15, 0.2) is 97.2 Å². The number of alkyl halides is 1. The van der Waals surface area contributed by atoms with E-state index in [0.717, 1.165) is 15.9 Å². The summed E-state index contributed by atoms with van der Waals surface area (Å²) in [4.78, 5) is 0. The Morgan fingerprint density at radius 1 is 0.833 bits per heavy atom. The minimum absolute atomic E-state index is 0.0573. The molecule has 0 fully saturated rings. The van der Waals surface area contributed by atoms with Crippen LogP contribution in [0.3, 0.4) is 0 Å². The van der Waals surface area contributed by atoms with Gasteiger partial charge in [-0.1, -0.05) is 107 Å². The van der Waals surface area contributed by atoms with E-state index in [2.05, 4.69) is 74.0 Å². The van der Waals surface area contributed by atoms with Gasteiger partial charge in [-0.25, -0.2) is 4.39 Å². The summed E-state index contributed by atoms with van der Waals surface area (Å²) in [6.45, 7) is 10.8. The molecule has 190 valence electrons. The van der Waals surface area contributed by atoms with Crippen LogP contribution in [-0.2, 0) is 11.0 Å². The van der Waals surface area contributed by atoms with Crippen molar-refractivity contribution < 1.29 is 8.82 Å². The number of fused-ring (bicyclic) bond motifs is 1. The maximum Gasteiger partial charge on any atom is 0.261 e. The Hall–Kier alpha value is -2.73. The van der Waals surface area contributed by atoms with Crippen molar-refractivity contribution in [2.45, 2.75) is 57.9 Å². The fraction of sp³-hybridized carbons (Fsp3) is 0.355. The predicted molar refractivity (Wildman–Crippen MR) is 152 cm³/mol. The number of benzene rings is 3. The molecule has 3 nitrogen and oxygen atoms in total. The maximum atomic E-state index is 16.4. The Morgan fingerprint density at radius 3 is 1.92 bits per heavy atom. The van der Waals surface area contributed by atoms with E-state index in [9.17, 15) is 0 Å². The molecular weight excluding hydrogens is 463 g/mol. The number of hydrogen-bond acceptors (Lipinski definition) is 2. The van der Waals surface area contributed by atoms with E-state index in [0.29, 0.717) is 6.54 Å². The molecule has 0 radical (unpaired) electrons. The molecule has 3 atom stereocenters. The molecule has 1 aromatic heterocycles. The highest BCUT2D eigenvalue weighted by molar-refractivity contribution is 6.99. The highest BCUT2D eigenvalue weighted by Crippen LogP contribution is 2.38. The number of rotatable bonds is 9. The van der Waals surface area contributed by atoms with Gasteiger partial charge in [-0.05, 0) is 45.8 Å². The summed E-state index contributed by atoms with van der Waals surface area (Å²) in [5.41, 5.74) is 6.06. The first kappa shape index (κ1) is 26.3. The Balaban J connectivity index is 1.61. The standard InChI is InChI=1S/C31H39FN2OSi/c1-24(22-34-21-20-25-14-12-13-19-28(25)34)29(33)31(5,32)23-35-36(30(2,3)4,26-15-8-6-9-16-26)27-17-10-7-11-18-27/h6-21,24,29H,22-23,33H2,1-5H3/t24-,29?,31?/m1/s1. The lowest BCUT2D eigenvalue weighted by Crippen LogP contribution is -2.68. The first-order valence-corrected chi connectivity index (χ1v) is 14.7. The average molecular weight is 503 g/mol. The molecule has 4 aromatic rings. The van der Waals surface area contributed by atoms with Gasteiger partial charge in [0.25, 0.3) is 8.32 Å². The third-order valence-electron chi connectivity index (χ3n) is 7.46. The second-order valence-corrected chi connectivity index (χ2v) is 15.6. The van der Waals surface area contributed by atoms with E-state index in [1.807, 2.05) is 55.5 Å². The van der Waals surface area contributed by atoms with Crippen LogP contribution in [0, 0.1) is 5.92 Å². The lowest BCUT2D eigenvalue weighted by atomic mass is 9.89. The topological polar surface area (TPSA) is 40.2 Å². The third kappa shape index (κ3) is 5.06. The fourth-order valence-electron chi connectivity index (χ4n) is 5.42. The summed E-state index contributed by atoms with van der Waals surface area (Å²) < 4.78 is 25.4. The quantitative estimate of drug-likeness (QED) is 0.289. The van der Waals surface area contributed by atoms with Crippen LogP contribution >= 0.6 is 0 Å². The summed E-state index contributed by atoms with van der Waals surface area (Å²) in [6, 6.07) is 30.3. The second kappa shape index (κ2) is 10.3. The Labute approximate surface area is 216 Å². The van der Waals surface area contributed by atoms with Crippen molar-refractivity contribution in [3.8, 4) is 0 Å². The molecule has 0 amide bonds. The first-order chi connectivity index (χ1) is 17.1. The fourth-order valence-corrected chi connectivity index (χ4v) is 10.1. The van der Waals surface area contributed by atoms with Crippen molar-refractivity contribution in [2.75, 3.05) is 6.61 Å². The molecule has 0 saturated carbocycles. The highest BCUT2D eigenvalue weighted by atomic mass is 28.4. The minimum Gasteiger partial charge on any atom is -0.404 e. The molecular formula is C31H39FN2OSi. The van der Waals surface area contributed by atoms with Gasteiger partial charge in [0.2, 0.25) is 0 Å². The van der Waals surface area contributed by atoms with Gasteiger partial charge >= 0.3 is 0 Å². The van der Waals surface area contributed by atoms with E-state index in [4.69, 9.17) is 10.2 Å². The van der Waals surface area contributed by atoms with E-state index in [1.54, 1.807) is 6.92 Å². The summed E-state index contributed by atoms with van der Waals surface area (Å²) in [5.74, 6) is -0.0847. The smallest absolute Gasteiger partial charge is 0.261 e. The maximum absolute atomic E-state index is 16.4. The molecule has 2 N–H and O–H groups in total. The van der Waals surface area contributed by atoms with Gasteiger partial charge in [-0.15, -0.1) is 0 Å². The summed E-state index contributed by atoms with van der Waals surface area (Å²) in [6.07, 6.45) is 2.06. The zero-order chi connectivity index (χ0) is 26.0. The zero-order valence-electron chi connectivity index (χ0n) is 22.1. The van der Waals surface area contributed by atoms with E-state index in [-0.39, 0.29) is 17.6 Å². The molecule has 2 unspecified atom stereocenters. The van der Waals surface area contributed by atoms with Gasteiger partial charge in [0, 0.05) is 24.3 Å². The first-order valence-electron chi connectivity index (χ1n) is 12.8. The van der Waals surface area contributed by atoms with Crippen LogP contribution in [0.25, 0.3) is 10.9 Å². The number of para-hydroxylation sites is 1. The molecule has 0 bridgehead atoms. The number of aromatic nitrogens is 1. The van der Waals surface area contributed by atoms with Gasteiger partial charge < -0.3 is 14.7 Å². The van der Waals surface area contributed by atoms with Gasteiger partial charge in [-0.2, -0.15) is 0 Å². The van der Waals surface area contributed by atoms with Gasteiger partial charge in [0.15, 0.2) is 0 Å². The molecule has 36 heavy (non-hydrogen) atoms. The average Bonchev–Trinajstić information content (AvgIpc) is 3.27. The zero-order valence-corrected chi connectivity index (χ0v) is 23.1. The second-order valence-electron chi connectivity index (χ2n) is 11.3. The molecule has 5 heteroatoms. The molecule has 0 aliphatic carbocycles. The molecule has 1 heterocycles. The normalized spacial score (nSPS) is 16.0. The van der Waals surface area contributed by atoms with Gasteiger partial charge in [0.1, 0.15) is 5.67 Å². The van der Waals surface area contributed by atoms with Crippen molar-refractivity contribution in [2.24, 2.45) is 11.7 Å². The molecule has 4 rings (SSSR count). The lowest BCUT2D eigenvalue weighted by molar-refractivity contribution is 0.0500. The highest BCUT2D eigenvalue weighted by Gasteiger charge is 2.51. The van der Waals surface area contributed by atoms with Crippen molar-refractivity contribution >= 4 is 29.6 Å². The van der Waals surface area contributed by atoms with E-state index < -0.39 is 20.0 Å². The van der Waals surface area contributed by atoms with Crippen molar-refractivity contribution in [1.82, 2.24) is 4.57 Å². The van der Waals surface area contributed by atoms with Crippen LogP contribution < -0.4 is 16.1 Å². The van der Waals surface area contributed by atoms with E-state index >= 15 is 4.39 Å². The van der Waals surface area contributed by atoms with Crippen LogP contribution in [-0.4, -0.2) is 31.2 Å². The third-order valence-corrected chi connectivity index (χ3v) is 12.4. The predicted octanol–water partition coefficient (Wildman–Crippen LogP) is 5.91. The molecule has 0 spiro atoms. The van der Waals surface area contributed by atoms with Crippen LogP contribution in [0.5, 0.6) is 0 Å². The van der Waals surface area contributed by atoms with Crippen molar-refractivity contribution in [1.29, 1.82) is 0 Å². The van der Waals surface area contributed by atoms with Crippen LogP contribution in [0.4, 0.5) is 4.39 Å². The largest absolute Gasteiger partial charge is 0.404 e. The monoisotopic (exact) mass is 502 g/mol. The van der Waals surface area contributed by atoms with Crippen molar-refractivity contribution in [3.63, 3.8) is 0 Å². The lowest BCUT2D eigenvalue weighted by Gasteiger charge is -2.45. The molecule has 3 aromatic carbocycles. The summed E-state index contributed by atoms with van der Waals surface area (Å²) in [5, 5.41) is 3.24. The van der Waals surface area contributed by atoms with Crippen molar-refractivity contribution in [3.05, 3.63) is 97.2 Å². The van der Waals surface area contributed by atoms with E-state index in [1.165, 1.54) is 5.39 Å². The SMILES string of the molecule is C[C@H](Cn1ccc2ccccc21)C(N)C(C)(F)CO[Si](c1ccccc1)(c1ccccc1)C(C)(C)C.